The minimum atomic E-state index is 0.0320. The average molecular weight is 192 g/mol. The van der Waals surface area contributed by atoms with Gasteiger partial charge in [-0.3, -0.25) is 0 Å². The van der Waals surface area contributed by atoms with Gasteiger partial charge in [0.2, 0.25) is 0 Å². The molecule has 0 amide bonds. The summed E-state index contributed by atoms with van der Waals surface area (Å²) in [5.41, 5.74) is 1.15. The van der Waals surface area contributed by atoms with E-state index in [-0.39, 0.29) is 5.41 Å². The van der Waals surface area contributed by atoms with Crippen LogP contribution in [0, 0.1) is 5.41 Å². The molecule has 0 aliphatic carbocycles. The molecule has 0 fully saturated rings. The molecule has 0 atom stereocenters. The smallest absolute Gasteiger partial charge is 0.179 e. The van der Waals surface area contributed by atoms with Crippen LogP contribution < -0.4 is 0 Å². The number of allylic oxidation sites excluding steroid dienone is 2. The van der Waals surface area contributed by atoms with E-state index in [0.29, 0.717) is 0 Å². The minimum Gasteiger partial charge on any atom is -0.213 e. The Morgan fingerprint density at radius 2 is 2.21 bits per heavy atom. The zero-order valence-corrected chi connectivity index (χ0v) is 9.15. The predicted octanol–water partition coefficient (Wildman–Crippen LogP) is 2.19. The lowest BCUT2D eigenvalue weighted by molar-refractivity contribution is 0.553. The third kappa shape index (κ3) is 1.89. The molecule has 76 valence electrons. The second-order valence-corrected chi connectivity index (χ2v) is 4.07. The maximum Gasteiger partial charge on any atom is 0.179 e. The van der Waals surface area contributed by atoms with Crippen LogP contribution in [0.3, 0.4) is 0 Å². The molecule has 0 aliphatic rings. The van der Waals surface area contributed by atoms with E-state index in [0.717, 1.165) is 11.4 Å². The quantitative estimate of drug-likeness (QED) is 0.674. The monoisotopic (exact) mass is 192 g/mol. The van der Waals surface area contributed by atoms with Crippen LogP contribution in [-0.4, -0.2) is 21.6 Å². The van der Waals surface area contributed by atoms with Crippen molar-refractivity contribution in [2.24, 2.45) is 10.5 Å². The molecule has 1 heterocycles. The van der Waals surface area contributed by atoms with Gasteiger partial charge in [0, 0.05) is 6.72 Å². The average Bonchev–Trinajstić information content (AvgIpc) is 2.51. The van der Waals surface area contributed by atoms with Crippen LogP contribution in [0.5, 0.6) is 0 Å². The molecule has 0 N–H and O–H groups in total. The largest absolute Gasteiger partial charge is 0.213 e. The predicted molar refractivity (Wildman–Crippen MR) is 58.1 cm³/mol. The van der Waals surface area contributed by atoms with Crippen LogP contribution in [0.25, 0.3) is 5.57 Å². The van der Waals surface area contributed by atoms with E-state index >= 15 is 0 Å². The Balaban J connectivity index is 3.21. The summed E-state index contributed by atoms with van der Waals surface area (Å²) in [7, 11) is 0. The molecule has 0 unspecified atom stereocenters. The van der Waals surface area contributed by atoms with Crippen molar-refractivity contribution in [3.63, 3.8) is 0 Å². The Morgan fingerprint density at radius 1 is 1.57 bits per heavy atom. The van der Waals surface area contributed by atoms with E-state index in [1.165, 1.54) is 11.1 Å². The number of aromatic nitrogens is 3. The van der Waals surface area contributed by atoms with Gasteiger partial charge in [-0.25, -0.2) is 4.98 Å². The van der Waals surface area contributed by atoms with Crippen LogP contribution in [0.2, 0.25) is 0 Å². The summed E-state index contributed by atoms with van der Waals surface area (Å²) in [5, 5.41) is 7.72. The van der Waals surface area contributed by atoms with Crippen LogP contribution in [0.15, 0.2) is 17.5 Å². The highest BCUT2D eigenvalue weighted by molar-refractivity contribution is 5.64. The fourth-order valence-electron chi connectivity index (χ4n) is 1.41. The fourth-order valence-corrected chi connectivity index (χ4v) is 1.41. The summed E-state index contributed by atoms with van der Waals surface area (Å²) >= 11 is 0. The molecule has 0 bridgehead atoms. The molecule has 0 spiro atoms. The van der Waals surface area contributed by atoms with Gasteiger partial charge in [-0.05, 0) is 17.9 Å². The van der Waals surface area contributed by atoms with E-state index in [4.69, 9.17) is 0 Å². The summed E-state index contributed by atoms with van der Waals surface area (Å²) < 4.78 is 0. The third-order valence-corrected chi connectivity index (χ3v) is 2.00. The topological polar surface area (TPSA) is 43.1 Å². The molecular weight excluding hydrogens is 176 g/mol. The molecule has 14 heavy (non-hydrogen) atoms. The highest BCUT2D eigenvalue weighted by Gasteiger charge is 2.22. The first-order chi connectivity index (χ1) is 6.50. The van der Waals surface area contributed by atoms with Gasteiger partial charge in [0.15, 0.2) is 5.82 Å². The van der Waals surface area contributed by atoms with E-state index < -0.39 is 0 Å². The second kappa shape index (κ2) is 3.74. The fraction of sp³-hybridized carbons (Fsp3) is 0.500. The zero-order chi connectivity index (χ0) is 10.8. The second-order valence-electron chi connectivity index (χ2n) is 4.07. The molecule has 0 aliphatic heterocycles. The first-order valence-electron chi connectivity index (χ1n) is 4.55. The first kappa shape index (κ1) is 10.6. The van der Waals surface area contributed by atoms with Crippen molar-refractivity contribution in [1.82, 2.24) is 14.9 Å². The van der Waals surface area contributed by atoms with Crippen LogP contribution >= 0.6 is 0 Å². The third-order valence-electron chi connectivity index (χ3n) is 2.00. The van der Waals surface area contributed by atoms with Gasteiger partial charge in [-0.1, -0.05) is 26.8 Å². The van der Waals surface area contributed by atoms with Gasteiger partial charge in [-0.15, -0.1) is 9.89 Å². The van der Waals surface area contributed by atoms with Crippen molar-refractivity contribution in [2.75, 3.05) is 0 Å². The SMILES string of the molecule is C=Nn1ncnc1/C(=C\C)C(C)(C)C. The maximum absolute atomic E-state index is 4.17. The molecule has 0 saturated carbocycles. The molecule has 1 rings (SSSR count). The maximum atomic E-state index is 4.17. The molecule has 0 radical (unpaired) electrons. The standard InChI is InChI=1S/C10H16N4/c1-6-8(10(2,3)4)9-12-7-13-14(9)11-5/h6-7H,5H2,1-4H3/b8-6+. The van der Waals surface area contributed by atoms with E-state index in [2.05, 4.69) is 42.7 Å². The Labute approximate surface area is 84.4 Å². The Morgan fingerprint density at radius 3 is 2.64 bits per heavy atom. The molecule has 4 nitrogen and oxygen atoms in total. The number of hydrogen-bond donors (Lipinski definition) is 0. The normalized spacial score (nSPS) is 13.0. The summed E-state index contributed by atoms with van der Waals surface area (Å²) in [4.78, 5) is 5.62. The molecule has 0 saturated heterocycles. The number of hydrogen-bond acceptors (Lipinski definition) is 3. The van der Waals surface area contributed by atoms with Crippen molar-refractivity contribution in [3.05, 3.63) is 18.2 Å². The van der Waals surface area contributed by atoms with Crippen molar-refractivity contribution in [3.8, 4) is 0 Å². The van der Waals surface area contributed by atoms with E-state index in [1.807, 2.05) is 13.0 Å². The summed E-state index contributed by atoms with van der Waals surface area (Å²) in [5.74, 6) is 0.759. The van der Waals surface area contributed by atoms with Gasteiger partial charge < -0.3 is 0 Å². The molecule has 4 heteroatoms. The van der Waals surface area contributed by atoms with Gasteiger partial charge >= 0.3 is 0 Å². The summed E-state index contributed by atoms with van der Waals surface area (Å²) in [6, 6.07) is 0. The lowest BCUT2D eigenvalue weighted by Crippen LogP contribution is -2.12. The Hall–Kier alpha value is -1.45. The highest BCUT2D eigenvalue weighted by atomic mass is 15.5. The lowest BCUT2D eigenvalue weighted by atomic mass is 9.86. The van der Waals surface area contributed by atoms with Crippen molar-refractivity contribution in [2.45, 2.75) is 27.7 Å². The number of rotatable bonds is 2. The van der Waals surface area contributed by atoms with Crippen LogP contribution in [0.4, 0.5) is 0 Å². The van der Waals surface area contributed by atoms with Crippen molar-refractivity contribution >= 4 is 12.3 Å². The molecule has 1 aromatic rings. The summed E-state index contributed by atoms with van der Waals surface area (Å²) in [6.45, 7) is 11.8. The molecule has 1 aromatic heterocycles. The molecule has 0 aromatic carbocycles. The van der Waals surface area contributed by atoms with Gasteiger partial charge in [0.05, 0.1) is 0 Å². The minimum absolute atomic E-state index is 0.0320. The summed E-state index contributed by atoms with van der Waals surface area (Å²) in [6.07, 6.45) is 3.52. The highest BCUT2D eigenvalue weighted by Crippen LogP contribution is 2.32. The van der Waals surface area contributed by atoms with E-state index in [9.17, 15) is 0 Å². The van der Waals surface area contributed by atoms with E-state index in [1.54, 1.807) is 0 Å². The lowest BCUT2D eigenvalue weighted by Gasteiger charge is -2.21. The van der Waals surface area contributed by atoms with Crippen molar-refractivity contribution < 1.29 is 0 Å². The van der Waals surface area contributed by atoms with Crippen LogP contribution in [-0.2, 0) is 0 Å². The van der Waals surface area contributed by atoms with Gasteiger partial charge in [-0.2, -0.15) is 5.10 Å². The Kier molecular flexibility index (Phi) is 2.84. The zero-order valence-electron chi connectivity index (χ0n) is 9.15. The Bertz CT molecular complexity index is 354. The van der Waals surface area contributed by atoms with Gasteiger partial charge in [0.25, 0.3) is 0 Å². The van der Waals surface area contributed by atoms with Gasteiger partial charge in [0.1, 0.15) is 6.33 Å². The molecular formula is C10H16N4. The number of nitrogens with zero attached hydrogens (tertiary/aromatic N) is 4. The van der Waals surface area contributed by atoms with Crippen molar-refractivity contribution in [1.29, 1.82) is 0 Å². The van der Waals surface area contributed by atoms with Crippen LogP contribution in [0.1, 0.15) is 33.5 Å². The first-order valence-corrected chi connectivity index (χ1v) is 4.55.